The average molecular weight is 370 g/mol. The Kier molecular flexibility index (Phi) is 4.89. The van der Waals surface area contributed by atoms with E-state index in [0.29, 0.717) is 12.1 Å². The third-order valence-electron chi connectivity index (χ3n) is 4.47. The standard InChI is InChI=1S/C19H19FN4O3/c1-4-24(11-12-6-5-7-14(20)8-12)17(25)13-9-15-16(21-10-13)22(2)19(27)23(3)18(15)26/h5-10H,4,11H2,1-3H3. The fourth-order valence-corrected chi connectivity index (χ4v) is 2.95. The second kappa shape index (κ2) is 7.14. The lowest BCUT2D eigenvalue weighted by molar-refractivity contribution is 0.0752. The molecule has 0 spiro atoms. The van der Waals surface area contributed by atoms with Gasteiger partial charge in [0.05, 0.1) is 10.9 Å². The molecule has 0 fully saturated rings. The number of carbonyl (C=O) groups excluding carboxylic acids is 1. The molecule has 0 radical (unpaired) electrons. The molecule has 3 aromatic rings. The summed E-state index contributed by atoms with van der Waals surface area (Å²) in [4.78, 5) is 42.9. The maximum absolute atomic E-state index is 13.4. The van der Waals surface area contributed by atoms with Crippen molar-refractivity contribution in [1.29, 1.82) is 0 Å². The van der Waals surface area contributed by atoms with E-state index in [1.807, 2.05) is 6.92 Å². The molecule has 1 amide bonds. The van der Waals surface area contributed by atoms with E-state index >= 15 is 0 Å². The Hall–Kier alpha value is -3.29. The van der Waals surface area contributed by atoms with Crippen molar-refractivity contribution in [3.05, 3.63) is 74.3 Å². The van der Waals surface area contributed by atoms with Gasteiger partial charge in [0.2, 0.25) is 0 Å². The second-order valence-electron chi connectivity index (χ2n) is 6.25. The molecule has 0 saturated carbocycles. The van der Waals surface area contributed by atoms with Crippen molar-refractivity contribution < 1.29 is 9.18 Å². The van der Waals surface area contributed by atoms with Gasteiger partial charge in [-0.1, -0.05) is 12.1 Å². The molecule has 3 rings (SSSR count). The normalized spacial score (nSPS) is 11.0. The van der Waals surface area contributed by atoms with Crippen molar-refractivity contribution in [2.75, 3.05) is 6.54 Å². The van der Waals surface area contributed by atoms with Gasteiger partial charge in [0.15, 0.2) is 0 Å². The summed E-state index contributed by atoms with van der Waals surface area (Å²) in [5.74, 6) is -0.695. The molecular weight excluding hydrogens is 351 g/mol. The van der Waals surface area contributed by atoms with Gasteiger partial charge in [-0.15, -0.1) is 0 Å². The van der Waals surface area contributed by atoms with Crippen molar-refractivity contribution in [3.63, 3.8) is 0 Å². The highest BCUT2D eigenvalue weighted by molar-refractivity contribution is 5.96. The van der Waals surface area contributed by atoms with Gasteiger partial charge in [-0.25, -0.2) is 14.2 Å². The van der Waals surface area contributed by atoms with Crippen LogP contribution >= 0.6 is 0 Å². The fourth-order valence-electron chi connectivity index (χ4n) is 2.95. The van der Waals surface area contributed by atoms with Crippen LogP contribution in [-0.2, 0) is 20.6 Å². The molecule has 2 heterocycles. The lowest BCUT2D eigenvalue weighted by Gasteiger charge is -2.21. The molecule has 2 aromatic heterocycles. The van der Waals surface area contributed by atoms with Crippen LogP contribution in [-0.4, -0.2) is 31.5 Å². The molecule has 1 aromatic carbocycles. The SMILES string of the molecule is CCN(Cc1cccc(F)c1)C(=O)c1cnc2c(c1)c(=O)n(C)c(=O)n2C. The van der Waals surface area contributed by atoms with Crippen LogP contribution in [0.15, 0.2) is 46.1 Å². The molecule has 7 nitrogen and oxygen atoms in total. The monoisotopic (exact) mass is 370 g/mol. The van der Waals surface area contributed by atoms with E-state index in [-0.39, 0.29) is 34.9 Å². The topological polar surface area (TPSA) is 77.2 Å². The van der Waals surface area contributed by atoms with Crippen LogP contribution in [0.2, 0.25) is 0 Å². The molecule has 0 aliphatic carbocycles. The number of carbonyl (C=O) groups is 1. The zero-order valence-electron chi connectivity index (χ0n) is 15.3. The third-order valence-corrected chi connectivity index (χ3v) is 4.47. The summed E-state index contributed by atoms with van der Waals surface area (Å²) in [6, 6.07) is 7.49. The van der Waals surface area contributed by atoms with Crippen LogP contribution in [0.3, 0.4) is 0 Å². The summed E-state index contributed by atoms with van der Waals surface area (Å²) in [7, 11) is 2.89. The van der Waals surface area contributed by atoms with Crippen molar-refractivity contribution >= 4 is 16.9 Å². The van der Waals surface area contributed by atoms with Crippen molar-refractivity contribution in [1.82, 2.24) is 19.0 Å². The highest BCUT2D eigenvalue weighted by atomic mass is 19.1. The van der Waals surface area contributed by atoms with Gasteiger partial charge in [0.25, 0.3) is 11.5 Å². The summed E-state index contributed by atoms with van der Waals surface area (Å²) in [5.41, 5.74) is 0.116. The van der Waals surface area contributed by atoms with Gasteiger partial charge in [0, 0.05) is 33.4 Å². The highest BCUT2D eigenvalue weighted by Gasteiger charge is 2.18. The van der Waals surface area contributed by atoms with E-state index in [0.717, 1.165) is 4.57 Å². The largest absolute Gasteiger partial charge is 0.335 e. The Balaban J connectivity index is 2.01. The minimum absolute atomic E-state index is 0.187. The first-order chi connectivity index (χ1) is 12.8. The minimum Gasteiger partial charge on any atom is -0.335 e. The third kappa shape index (κ3) is 3.38. The number of pyridine rings is 1. The Labute approximate surface area is 154 Å². The van der Waals surface area contributed by atoms with E-state index in [2.05, 4.69) is 4.98 Å². The Morgan fingerprint density at radius 1 is 1.19 bits per heavy atom. The number of benzene rings is 1. The maximum atomic E-state index is 13.4. The van der Waals surface area contributed by atoms with E-state index in [1.54, 1.807) is 12.1 Å². The fraction of sp³-hybridized carbons (Fsp3) is 0.263. The quantitative estimate of drug-likeness (QED) is 0.696. The van der Waals surface area contributed by atoms with Crippen LogP contribution in [0.25, 0.3) is 11.0 Å². The van der Waals surface area contributed by atoms with Crippen molar-refractivity contribution in [2.45, 2.75) is 13.5 Å². The summed E-state index contributed by atoms with van der Waals surface area (Å²) < 4.78 is 15.6. The summed E-state index contributed by atoms with van der Waals surface area (Å²) in [5, 5.41) is 0.187. The zero-order valence-corrected chi connectivity index (χ0v) is 15.3. The summed E-state index contributed by atoms with van der Waals surface area (Å²) in [6.45, 7) is 2.45. The van der Waals surface area contributed by atoms with E-state index < -0.39 is 11.2 Å². The van der Waals surface area contributed by atoms with Crippen LogP contribution in [0.4, 0.5) is 4.39 Å². The zero-order chi connectivity index (χ0) is 19.7. The molecule has 0 unspecified atom stereocenters. The molecule has 27 heavy (non-hydrogen) atoms. The predicted octanol–water partition coefficient (Wildman–Crippen LogP) is 1.43. The van der Waals surface area contributed by atoms with Gasteiger partial charge < -0.3 is 4.90 Å². The van der Waals surface area contributed by atoms with Gasteiger partial charge >= 0.3 is 5.69 Å². The Morgan fingerprint density at radius 2 is 1.93 bits per heavy atom. The van der Waals surface area contributed by atoms with Gasteiger partial charge in [-0.05, 0) is 30.7 Å². The molecule has 0 saturated heterocycles. The molecule has 0 aliphatic heterocycles. The number of aryl methyl sites for hydroxylation is 1. The first-order valence-corrected chi connectivity index (χ1v) is 8.43. The first kappa shape index (κ1) is 18.5. The number of rotatable bonds is 4. The van der Waals surface area contributed by atoms with Crippen LogP contribution < -0.4 is 11.2 Å². The molecule has 0 N–H and O–H groups in total. The number of nitrogens with zero attached hydrogens (tertiary/aromatic N) is 4. The second-order valence-corrected chi connectivity index (χ2v) is 6.25. The summed E-state index contributed by atoms with van der Waals surface area (Å²) >= 11 is 0. The molecule has 8 heteroatoms. The first-order valence-electron chi connectivity index (χ1n) is 8.43. The number of fused-ring (bicyclic) bond motifs is 1. The Morgan fingerprint density at radius 3 is 2.59 bits per heavy atom. The number of aromatic nitrogens is 3. The van der Waals surface area contributed by atoms with E-state index in [4.69, 9.17) is 0 Å². The average Bonchev–Trinajstić information content (AvgIpc) is 2.68. The van der Waals surface area contributed by atoms with Crippen LogP contribution in [0.5, 0.6) is 0 Å². The molecule has 0 bridgehead atoms. The van der Waals surface area contributed by atoms with Gasteiger partial charge in [0.1, 0.15) is 11.5 Å². The maximum Gasteiger partial charge on any atom is 0.332 e. The molecular formula is C19H19FN4O3. The van der Waals surface area contributed by atoms with Crippen molar-refractivity contribution in [3.8, 4) is 0 Å². The van der Waals surface area contributed by atoms with Crippen LogP contribution in [0.1, 0.15) is 22.8 Å². The number of hydrogen-bond donors (Lipinski definition) is 0. The summed E-state index contributed by atoms with van der Waals surface area (Å²) in [6.07, 6.45) is 1.35. The predicted molar refractivity (Wildman–Crippen MR) is 99.0 cm³/mol. The van der Waals surface area contributed by atoms with Gasteiger partial charge in [-0.2, -0.15) is 0 Å². The van der Waals surface area contributed by atoms with Gasteiger partial charge in [-0.3, -0.25) is 18.7 Å². The lowest BCUT2D eigenvalue weighted by atomic mass is 10.1. The lowest BCUT2D eigenvalue weighted by Crippen LogP contribution is -2.37. The Bertz CT molecular complexity index is 1150. The number of halogens is 1. The molecule has 140 valence electrons. The number of amides is 1. The number of hydrogen-bond acceptors (Lipinski definition) is 4. The molecule has 0 atom stereocenters. The molecule has 0 aliphatic rings. The smallest absolute Gasteiger partial charge is 0.332 e. The van der Waals surface area contributed by atoms with Crippen LogP contribution in [0, 0.1) is 5.82 Å². The van der Waals surface area contributed by atoms with Crippen molar-refractivity contribution in [2.24, 2.45) is 14.1 Å². The minimum atomic E-state index is -0.511. The van der Waals surface area contributed by atoms with E-state index in [1.165, 1.54) is 48.0 Å². The van der Waals surface area contributed by atoms with E-state index in [9.17, 15) is 18.8 Å². The highest BCUT2D eigenvalue weighted by Crippen LogP contribution is 2.13.